The number of aromatic nitrogens is 2. The normalized spacial score (nSPS) is 20.6. The average Bonchev–Trinajstić information content (AvgIpc) is 2.79. The molecule has 0 aromatic carbocycles. The van der Waals surface area contributed by atoms with Gasteiger partial charge in [-0.05, 0) is 12.5 Å². The summed E-state index contributed by atoms with van der Waals surface area (Å²) < 4.78 is 7.09. The lowest BCUT2D eigenvalue weighted by molar-refractivity contribution is -0.0258. The Morgan fingerprint density at radius 1 is 1.38 bits per heavy atom. The highest BCUT2D eigenvalue weighted by Crippen LogP contribution is 2.19. The van der Waals surface area contributed by atoms with Crippen LogP contribution in [0.25, 0.3) is 0 Å². The Labute approximate surface area is 125 Å². The van der Waals surface area contributed by atoms with E-state index in [0.717, 1.165) is 57.9 Å². The van der Waals surface area contributed by atoms with Crippen LogP contribution in [-0.4, -0.2) is 70.9 Å². The van der Waals surface area contributed by atoms with E-state index in [1.54, 1.807) is 4.68 Å². The topological polar surface area (TPSA) is 50.6 Å². The number of amides is 1. The molecule has 0 atom stereocenters. The first-order valence-electron chi connectivity index (χ1n) is 7.83. The lowest BCUT2D eigenvalue weighted by atomic mass is 10.1. The second-order valence-corrected chi connectivity index (χ2v) is 5.91. The van der Waals surface area contributed by atoms with Crippen molar-refractivity contribution in [1.82, 2.24) is 19.6 Å². The first-order valence-corrected chi connectivity index (χ1v) is 7.83. The molecule has 6 nitrogen and oxygen atoms in total. The highest BCUT2D eigenvalue weighted by molar-refractivity contribution is 5.93. The zero-order valence-corrected chi connectivity index (χ0v) is 12.9. The summed E-state index contributed by atoms with van der Waals surface area (Å²) in [7, 11) is 1.85. The van der Waals surface area contributed by atoms with Crippen molar-refractivity contribution in [3.63, 3.8) is 0 Å². The van der Waals surface area contributed by atoms with E-state index < -0.39 is 0 Å². The first kappa shape index (κ1) is 14.5. The molecular weight excluding hydrogens is 268 g/mol. The van der Waals surface area contributed by atoms with E-state index in [0.29, 0.717) is 11.7 Å². The Bertz CT molecular complexity index is 502. The SMILES string of the molecule is CCCc1cc(C(=O)N2CC(N3CCOCC3)C2)n(C)n1. The van der Waals surface area contributed by atoms with Crippen LogP contribution in [0.3, 0.4) is 0 Å². The largest absolute Gasteiger partial charge is 0.379 e. The monoisotopic (exact) mass is 292 g/mol. The van der Waals surface area contributed by atoms with Crippen molar-refractivity contribution >= 4 is 5.91 Å². The van der Waals surface area contributed by atoms with E-state index in [1.165, 1.54) is 0 Å². The van der Waals surface area contributed by atoms with Crippen molar-refractivity contribution in [3.8, 4) is 0 Å². The van der Waals surface area contributed by atoms with E-state index in [2.05, 4.69) is 16.9 Å². The minimum Gasteiger partial charge on any atom is -0.379 e. The van der Waals surface area contributed by atoms with Gasteiger partial charge in [0, 0.05) is 39.3 Å². The van der Waals surface area contributed by atoms with Crippen LogP contribution >= 0.6 is 0 Å². The standard InChI is InChI=1S/C15H24N4O2/c1-3-4-12-9-14(17(2)16-12)15(20)19-10-13(11-19)18-5-7-21-8-6-18/h9,13H,3-8,10-11H2,1-2H3. The number of carbonyl (C=O) groups excluding carboxylic acids is 1. The molecule has 21 heavy (non-hydrogen) atoms. The van der Waals surface area contributed by atoms with Crippen LogP contribution in [0.5, 0.6) is 0 Å². The molecule has 3 heterocycles. The molecule has 0 N–H and O–H groups in total. The predicted octanol–water partition coefficient (Wildman–Crippen LogP) is 0.529. The maximum Gasteiger partial charge on any atom is 0.272 e. The molecule has 3 rings (SSSR count). The molecule has 0 saturated carbocycles. The van der Waals surface area contributed by atoms with Crippen molar-refractivity contribution in [2.75, 3.05) is 39.4 Å². The average molecular weight is 292 g/mol. The molecule has 6 heteroatoms. The first-order chi connectivity index (χ1) is 10.2. The highest BCUT2D eigenvalue weighted by atomic mass is 16.5. The molecule has 0 radical (unpaired) electrons. The van der Waals surface area contributed by atoms with Crippen LogP contribution in [0.4, 0.5) is 0 Å². The number of likely N-dealkylation sites (tertiary alicyclic amines) is 1. The van der Waals surface area contributed by atoms with Gasteiger partial charge >= 0.3 is 0 Å². The van der Waals surface area contributed by atoms with Crippen LogP contribution in [0.15, 0.2) is 6.07 Å². The summed E-state index contributed by atoms with van der Waals surface area (Å²) in [5, 5.41) is 4.41. The third-order valence-electron chi connectivity index (χ3n) is 4.37. The van der Waals surface area contributed by atoms with E-state index >= 15 is 0 Å². The fourth-order valence-corrected chi connectivity index (χ4v) is 3.06. The van der Waals surface area contributed by atoms with Crippen molar-refractivity contribution in [2.24, 2.45) is 7.05 Å². The fourth-order valence-electron chi connectivity index (χ4n) is 3.06. The van der Waals surface area contributed by atoms with E-state index in [-0.39, 0.29) is 5.91 Å². The smallest absolute Gasteiger partial charge is 0.272 e. The number of rotatable bonds is 4. The third-order valence-corrected chi connectivity index (χ3v) is 4.37. The van der Waals surface area contributed by atoms with Crippen LogP contribution in [0.2, 0.25) is 0 Å². The molecule has 0 aliphatic carbocycles. The lowest BCUT2D eigenvalue weighted by Crippen LogP contribution is -2.62. The maximum atomic E-state index is 12.5. The molecular formula is C15H24N4O2. The molecule has 0 bridgehead atoms. The predicted molar refractivity (Wildman–Crippen MR) is 79.3 cm³/mol. The fraction of sp³-hybridized carbons (Fsp3) is 0.733. The Morgan fingerprint density at radius 2 is 2.10 bits per heavy atom. The van der Waals surface area contributed by atoms with Gasteiger partial charge in [0.15, 0.2) is 0 Å². The number of aryl methyl sites for hydroxylation is 2. The second kappa shape index (κ2) is 6.15. The van der Waals surface area contributed by atoms with Gasteiger partial charge in [-0.3, -0.25) is 14.4 Å². The summed E-state index contributed by atoms with van der Waals surface area (Å²) in [6.45, 7) is 7.37. The Morgan fingerprint density at radius 3 is 2.76 bits per heavy atom. The van der Waals surface area contributed by atoms with Crippen LogP contribution in [0, 0.1) is 0 Å². The summed E-state index contributed by atoms with van der Waals surface area (Å²) in [5.74, 6) is 0.108. The summed E-state index contributed by atoms with van der Waals surface area (Å²) >= 11 is 0. The van der Waals surface area contributed by atoms with Crippen molar-refractivity contribution < 1.29 is 9.53 Å². The van der Waals surface area contributed by atoms with Gasteiger partial charge in [0.1, 0.15) is 5.69 Å². The molecule has 116 valence electrons. The molecule has 1 aromatic rings. The Hall–Kier alpha value is -1.40. The second-order valence-electron chi connectivity index (χ2n) is 5.91. The zero-order valence-electron chi connectivity index (χ0n) is 12.9. The van der Waals surface area contributed by atoms with Gasteiger partial charge in [-0.15, -0.1) is 0 Å². The zero-order chi connectivity index (χ0) is 14.8. The number of nitrogens with zero attached hydrogens (tertiary/aromatic N) is 4. The molecule has 2 fully saturated rings. The van der Waals surface area contributed by atoms with Crippen LogP contribution in [-0.2, 0) is 18.2 Å². The van der Waals surface area contributed by atoms with Crippen molar-refractivity contribution in [3.05, 3.63) is 17.5 Å². The summed E-state index contributed by atoms with van der Waals surface area (Å²) in [5.41, 5.74) is 1.72. The quantitative estimate of drug-likeness (QED) is 0.812. The summed E-state index contributed by atoms with van der Waals surface area (Å²) in [4.78, 5) is 16.9. The Kier molecular flexibility index (Phi) is 4.26. The third kappa shape index (κ3) is 2.96. The molecule has 2 aliphatic heterocycles. The van der Waals surface area contributed by atoms with Gasteiger partial charge < -0.3 is 9.64 Å². The highest BCUT2D eigenvalue weighted by Gasteiger charge is 2.36. The number of morpholine rings is 1. The number of hydrogen-bond donors (Lipinski definition) is 0. The molecule has 0 spiro atoms. The van der Waals surface area contributed by atoms with Crippen molar-refractivity contribution in [1.29, 1.82) is 0 Å². The lowest BCUT2D eigenvalue weighted by Gasteiger charge is -2.46. The maximum absolute atomic E-state index is 12.5. The molecule has 1 amide bonds. The van der Waals surface area contributed by atoms with Gasteiger partial charge in [-0.1, -0.05) is 13.3 Å². The van der Waals surface area contributed by atoms with Gasteiger partial charge in [-0.2, -0.15) is 5.10 Å². The van der Waals surface area contributed by atoms with Crippen LogP contribution in [0.1, 0.15) is 29.5 Å². The van der Waals surface area contributed by atoms with Gasteiger partial charge in [-0.25, -0.2) is 0 Å². The molecule has 0 unspecified atom stereocenters. The molecule has 2 saturated heterocycles. The Balaban J connectivity index is 1.57. The number of hydrogen-bond acceptors (Lipinski definition) is 4. The van der Waals surface area contributed by atoms with E-state index in [9.17, 15) is 4.79 Å². The number of carbonyl (C=O) groups is 1. The molecule has 2 aliphatic rings. The minimum absolute atomic E-state index is 0.108. The number of ether oxygens (including phenoxy) is 1. The van der Waals surface area contributed by atoms with Crippen LogP contribution < -0.4 is 0 Å². The van der Waals surface area contributed by atoms with Gasteiger partial charge in [0.2, 0.25) is 0 Å². The molecule has 1 aromatic heterocycles. The summed E-state index contributed by atoms with van der Waals surface area (Å²) in [6, 6.07) is 2.44. The minimum atomic E-state index is 0.108. The summed E-state index contributed by atoms with van der Waals surface area (Å²) in [6.07, 6.45) is 1.98. The van der Waals surface area contributed by atoms with Crippen molar-refractivity contribution in [2.45, 2.75) is 25.8 Å². The van der Waals surface area contributed by atoms with Gasteiger partial charge in [0.25, 0.3) is 5.91 Å². The van der Waals surface area contributed by atoms with E-state index in [4.69, 9.17) is 4.74 Å². The van der Waals surface area contributed by atoms with E-state index in [1.807, 2.05) is 18.0 Å². The van der Waals surface area contributed by atoms with Gasteiger partial charge in [0.05, 0.1) is 18.9 Å².